The van der Waals surface area contributed by atoms with Crippen LogP contribution in [-0.4, -0.2) is 22.3 Å². The third-order valence-electron chi connectivity index (χ3n) is 3.67. The van der Waals surface area contributed by atoms with Crippen molar-refractivity contribution in [3.63, 3.8) is 0 Å². The lowest BCUT2D eigenvalue weighted by molar-refractivity contribution is 0.0965. The van der Waals surface area contributed by atoms with Crippen LogP contribution in [0.2, 0.25) is 5.02 Å². The van der Waals surface area contributed by atoms with E-state index in [1.165, 1.54) is 0 Å². The number of nitrogens with zero attached hydrogens (tertiary/aromatic N) is 2. The highest BCUT2D eigenvalue weighted by Gasteiger charge is 2.20. The maximum absolute atomic E-state index is 12.4. The third kappa shape index (κ3) is 2.35. The quantitative estimate of drug-likeness (QED) is 0.785. The molecule has 0 unspecified atom stereocenters. The Labute approximate surface area is 133 Å². The molecule has 1 aromatic carbocycles. The smallest absolute Gasteiger partial charge is 0.255 e. The first kappa shape index (κ1) is 14.6. The van der Waals surface area contributed by atoms with Crippen LogP contribution in [0.4, 0.5) is 0 Å². The molecule has 0 spiro atoms. The van der Waals surface area contributed by atoms with Crippen molar-refractivity contribution in [3.8, 4) is 11.1 Å². The fourth-order valence-electron chi connectivity index (χ4n) is 2.64. The number of rotatable bonds is 2. The standard InChI is InChI=1S/C17H16ClN3O/c1-10-8-11(2)21-9-14(12-4-6-13(18)7-5-12)15(16(21)20-10)17(22)19-3/h4-9H,1-3H3,(H,19,22). The van der Waals surface area contributed by atoms with Crippen LogP contribution in [0, 0.1) is 13.8 Å². The summed E-state index contributed by atoms with van der Waals surface area (Å²) in [5.74, 6) is -0.148. The summed E-state index contributed by atoms with van der Waals surface area (Å²) in [7, 11) is 1.63. The van der Waals surface area contributed by atoms with Crippen LogP contribution < -0.4 is 5.32 Å². The first-order valence-corrected chi connectivity index (χ1v) is 7.36. The SMILES string of the molecule is CNC(=O)c1c(-c2ccc(Cl)cc2)cn2c(C)cc(C)nc12. The van der Waals surface area contributed by atoms with Gasteiger partial charge in [-0.25, -0.2) is 4.98 Å². The molecule has 0 bridgehead atoms. The maximum Gasteiger partial charge on any atom is 0.255 e. The molecule has 22 heavy (non-hydrogen) atoms. The molecular formula is C17H16ClN3O. The number of carbonyl (C=O) groups is 1. The van der Waals surface area contributed by atoms with Crippen molar-refractivity contribution in [1.29, 1.82) is 0 Å². The molecule has 112 valence electrons. The molecule has 0 aliphatic heterocycles. The Morgan fingerprint density at radius 2 is 1.91 bits per heavy atom. The molecule has 2 aromatic heterocycles. The molecule has 3 aromatic rings. The van der Waals surface area contributed by atoms with Gasteiger partial charge in [-0.05, 0) is 37.6 Å². The Bertz CT molecular complexity index is 866. The summed E-state index contributed by atoms with van der Waals surface area (Å²) in [6.45, 7) is 3.93. The predicted molar refractivity (Wildman–Crippen MR) is 88.5 cm³/mol. The van der Waals surface area contributed by atoms with E-state index in [0.29, 0.717) is 16.2 Å². The predicted octanol–water partition coefficient (Wildman–Crippen LogP) is 3.63. The number of aryl methyl sites for hydroxylation is 2. The summed E-state index contributed by atoms with van der Waals surface area (Å²) in [6.07, 6.45) is 1.95. The molecule has 0 aliphatic rings. The van der Waals surface area contributed by atoms with Gasteiger partial charge in [-0.15, -0.1) is 0 Å². The molecule has 0 aliphatic carbocycles. The minimum Gasteiger partial charge on any atom is -0.355 e. The van der Waals surface area contributed by atoms with Crippen molar-refractivity contribution >= 4 is 23.2 Å². The summed E-state index contributed by atoms with van der Waals surface area (Å²) >= 11 is 5.96. The van der Waals surface area contributed by atoms with Crippen molar-refractivity contribution in [2.24, 2.45) is 0 Å². The molecule has 5 heteroatoms. The zero-order chi connectivity index (χ0) is 15.9. The Morgan fingerprint density at radius 1 is 1.23 bits per heavy atom. The monoisotopic (exact) mass is 313 g/mol. The molecule has 0 fully saturated rings. The molecule has 4 nitrogen and oxygen atoms in total. The van der Waals surface area contributed by atoms with Gasteiger partial charge in [-0.3, -0.25) is 4.79 Å². The summed E-state index contributed by atoms with van der Waals surface area (Å²) < 4.78 is 1.95. The van der Waals surface area contributed by atoms with Crippen LogP contribution in [0.1, 0.15) is 21.7 Å². The highest BCUT2D eigenvalue weighted by molar-refractivity contribution is 6.30. The van der Waals surface area contributed by atoms with Crippen LogP contribution in [0.15, 0.2) is 36.5 Å². The zero-order valence-electron chi connectivity index (χ0n) is 12.6. The number of amides is 1. The Balaban J connectivity index is 2.36. The fraction of sp³-hybridized carbons (Fsp3) is 0.176. The number of fused-ring (bicyclic) bond motifs is 1. The number of hydrogen-bond donors (Lipinski definition) is 1. The van der Waals surface area contributed by atoms with E-state index in [9.17, 15) is 4.79 Å². The van der Waals surface area contributed by atoms with Crippen molar-refractivity contribution in [2.75, 3.05) is 7.05 Å². The summed E-state index contributed by atoms with van der Waals surface area (Å²) in [6, 6.07) is 9.44. The molecular weight excluding hydrogens is 298 g/mol. The number of aromatic nitrogens is 2. The first-order chi connectivity index (χ1) is 10.5. The Kier molecular flexibility index (Phi) is 3.62. The number of benzene rings is 1. The van der Waals surface area contributed by atoms with E-state index < -0.39 is 0 Å². The highest BCUT2D eigenvalue weighted by atomic mass is 35.5. The van der Waals surface area contributed by atoms with E-state index in [1.807, 2.05) is 54.8 Å². The highest BCUT2D eigenvalue weighted by Crippen LogP contribution is 2.30. The second kappa shape index (κ2) is 5.46. The second-order valence-electron chi connectivity index (χ2n) is 5.24. The van der Waals surface area contributed by atoms with E-state index in [0.717, 1.165) is 22.5 Å². The number of halogens is 1. The van der Waals surface area contributed by atoms with Crippen molar-refractivity contribution in [2.45, 2.75) is 13.8 Å². The lowest BCUT2D eigenvalue weighted by atomic mass is 10.0. The van der Waals surface area contributed by atoms with Crippen molar-refractivity contribution in [1.82, 2.24) is 14.7 Å². The van der Waals surface area contributed by atoms with E-state index in [4.69, 9.17) is 11.6 Å². The van der Waals surface area contributed by atoms with Gasteiger partial charge in [0.05, 0.1) is 5.56 Å². The number of hydrogen-bond acceptors (Lipinski definition) is 2. The van der Waals surface area contributed by atoms with Gasteiger partial charge < -0.3 is 9.72 Å². The fourth-order valence-corrected chi connectivity index (χ4v) is 2.77. The molecule has 2 heterocycles. The van der Waals surface area contributed by atoms with Gasteiger partial charge in [-0.1, -0.05) is 23.7 Å². The van der Waals surface area contributed by atoms with Gasteiger partial charge in [0, 0.05) is 35.2 Å². The van der Waals surface area contributed by atoms with Crippen LogP contribution in [0.3, 0.4) is 0 Å². The lowest BCUT2D eigenvalue weighted by Crippen LogP contribution is -2.18. The van der Waals surface area contributed by atoms with Gasteiger partial charge in [0.25, 0.3) is 5.91 Å². The topological polar surface area (TPSA) is 46.4 Å². The summed E-state index contributed by atoms with van der Waals surface area (Å²) in [4.78, 5) is 16.9. The van der Waals surface area contributed by atoms with Gasteiger partial charge in [0.2, 0.25) is 0 Å². The van der Waals surface area contributed by atoms with Crippen LogP contribution >= 0.6 is 11.6 Å². The van der Waals surface area contributed by atoms with Crippen LogP contribution in [0.25, 0.3) is 16.8 Å². The van der Waals surface area contributed by atoms with Crippen molar-refractivity contribution < 1.29 is 4.79 Å². The molecule has 0 radical (unpaired) electrons. The number of nitrogens with one attached hydrogen (secondary N) is 1. The van der Waals surface area contributed by atoms with Crippen molar-refractivity contribution in [3.05, 3.63) is 58.5 Å². The summed E-state index contributed by atoms with van der Waals surface area (Å²) in [5, 5.41) is 3.37. The number of carbonyl (C=O) groups excluding carboxylic acids is 1. The first-order valence-electron chi connectivity index (χ1n) is 6.98. The molecule has 1 N–H and O–H groups in total. The molecule has 0 atom stereocenters. The van der Waals surface area contributed by atoms with E-state index in [1.54, 1.807) is 7.05 Å². The Morgan fingerprint density at radius 3 is 2.55 bits per heavy atom. The molecule has 3 rings (SSSR count). The molecule has 0 saturated carbocycles. The zero-order valence-corrected chi connectivity index (χ0v) is 13.4. The maximum atomic E-state index is 12.4. The van der Waals surface area contributed by atoms with E-state index in [-0.39, 0.29) is 5.91 Å². The van der Waals surface area contributed by atoms with Gasteiger partial charge in [0.15, 0.2) is 5.65 Å². The minimum atomic E-state index is -0.148. The second-order valence-corrected chi connectivity index (χ2v) is 5.67. The lowest BCUT2D eigenvalue weighted by Gasteiger charge is -2.04. The van der Waals surface area contributed by atoms with E-state index in [2.05, 4.69) is 10.3 Å². The Hall–Kier alpha value is -2.33. The normalized spacial score (nSPS) is 10.9. The molecule has 0 saturated heterocycles. The largest absolute Gasteiger partial charge is 0.355 e. The van der Waals surface area contributed by atoms with Gasteiger partial charge in [-0.2, -0.15) is 0 Å². The summed E-state index contributed by atoms with van der Waals surface area (Å²) in [5.41, 5.74) is 4.95. The third-order valence-corrected chi connectivity index (χ3v) is 3.92. The van der Waals surface area contributed by atoms with Crippen LogP contribution in [-0.2, 0) is 0 Å². The van der Waals surface area contributed by atoms with E-state index >= 15 is 0 Å². The average Bonchev–Trinajstić information content (AvgIpc) is 2.87. The minimum absolute atomic E-state index is 0.148. The van der Waals surface area contributed by atoms with Crippen LogP contribution in [0.5, 0.6) is 0 Å². The van der Waals surface area contributed by atoms with Gasteiger partial charge in [0.1, 0.15) is 0 Å². The average molecular weight is 314 g/mol. The van der Waals surface area contributed by atoms with Gasteiger partial charge >= 0.3 is 0 Å². The molecule has 1 amide bonds.